The SMILES string of the molecule is O=C(NS(=O)(=O)C1CCC1)c1ccc(Cl)o1. The van der Waals surface area contributed by atoms with Crippen LogP contribution in [0.1, 0.15) is 29.8 Å². The molecule has 0 unspecified atom stereocenters. The highest BCUT2D eigenvalue weighted by Gasteiger charge is 2.33. The average Bonchev–Trinajstić information content (AvgIpc) is 2.46. The summed E-state index contributed by atoms with van der Waals surface area (Å²) in [5, 5.41) is -0.409. The average molecular weight is 264 g/mol. The van der Waals surface area contributed by atoms with E-state index in [1.165, 1.54) is 12.1 Å². The molecule has 5 nitrogen and oxygen atoms in total. The van der Waals surface area contributed by atoms with Crippen LogP contribution >= 0.6 is 11.6 Å². The minimum absolute atomic E-state index is 0.0474. The minimum atomic E-state index is -3.56. The number of sulfonamides is 1. The monoisotopic (exact) mass is 263 g/mol. The van der Waals surface area contributed by atoms with Crippen LogP contribution < -0.4 is 4.72 Å². The lowest BCUT2D eigenvalue weighted by Gasteiger charge is -2.24. The zero-order chi connectivity index (χ0) is 11.8. The topological polar surface area (TPSA) is 76.4 Å². The first kappa shape index (κ1) is 11.5. The molecule has 0 aliphatic heterocycles. The third kappa shape index (κ3) is 2.22. The van der Waals surface area contributed by atoms with Gasteiger partial charge in [0.2, 0.25) is 10.0 Å². The van der Waals surface area contributed by atoms with Crippen molar-refractivity contribution in [2.24, 2.45) is 0 Å². The van der Waals surface area contributed by atoms with E-state index >= 15 is 0 Å². The molecule has 7 heteroatoms. The number of carbonyl (C=O) groups excluding carboxylic acids is 1. The molecule has 1 aromatic rings. The van der Waals surface area contributed by atoms with Gasteiger partial charge >= 0.3 is 0 Å². The molecule has 2 rings (SSSR count). The van der Waals surface area contributed by atoms with Crippen LogP contribution in [0.3, 0.4) is 0 Å². The van der Waals surface area contributed by atoms with Crippen molar-refractivity contribution in [2.45, 2.75) is 24.5 Å². The second-order valence-electron chi connectivity index (χ2n) is 3.63. The van der Waals surface area contributed by atoms with Gasteiger partial charge in [-0.15, -0.1) is 0 Å². The summed E-state index contributed by atoms with van der Waals surface area (Å²) in [7, 11) is -3.56. The normalized spacial score (nSPS) is 16.8. The van der Waals surface area contributed by atoms with Crippen molar-refractivity contribution in [1.29, 1.82) is 0 Å². The molecule has 1 aliphatic carbocycles. The molecular formula is C9H10ClNO4S. The number of halogens is 1. The molecular weight excluding hydrogens is 254 g/mol. The Hall–Kier alpha value is -1.01. The van der Waals surface area contributed by atoms with Crippen LogP contribution in [0.4, 0.5) is 0 Å². The highest BCUT2D eigenvalue weighted by Crippen LogP contribution is 2.25. The van der Waals surface area contributed by atoms with Gasteiger partial charge in [-0.25, -0.2) is 13.1 Å². The zero-order valence-corrected chi connectivity index (χ0v) is 9.85. The molecule has 1 aliphatic rings. The predicted molar refractivity (Wildman–Crippen MR) is 57.7 cm³/mol. The standard InChI is InChI=1S/C9H10ClNO4S/c10-8-5-4-7(15-8)9(12)11-16(13,14)6-2-1-3-6/h4-6H,1-3H2,(H,11,12). The maximum atomic E-state index is 11.6. The van der Waals surface area contributed by atoms with E-state index in [1.54, 1.807) is 0 Å². The van der Waals surface area contributed by atoms with Crippen molar-refractivity contribution in [3.05, 3.63) is 23.1 Å². The highest BCUT2D eigenvalue weighted by atomic mass is 35.5. The van der Waals surface area contributed by atoms with Crippen molar-refractivity contribution in [3.63, 3.8) is 0 Å². The number of hydrogen-bond acceptors (Lipinski definition) is 4. The van der Waals surface area contributed by atoms with Crippen LogP contribution in [-0.4, -0.2) is 19.6 Å². The number of carbonyl (C=O) groups is 1. The van der Waals surface area contributed by atoms with Gasteiger partial charge in [-0.3, -0.25) is 4.79 Å². The molecule has 16 heavy (non-hydrogen) atoms. The molecule has 1 aromatic heterocycles. The lowest BCUT2D eigenvalue weighted by molar-refractivity contribution is 0.0953. The van der Waals surface area contributed by atoms with Crippen LogP contribution in [0.5, 0.6) is 0 Å². The van der Waals surface area contributed by atoms with Gasteiger partial charge in [0.15, 0.2) is 11.0 Å². The third-order valence-electron chi connectivity index (χ3n) is 2.52. The molecule has 0 aromatic carbocycles. The molecule has 1 N–H and O–H groups in total. The lowest BCUT2D eigenvalue weighted by Crippen LogP contribution is -2.41. The van der Waals surface area contributed by atoms with Crippen molar-refractivity contribution in [3.8, 4) is 0 Å². The van der Waals surface area contributed by atoms with E-state index in [2.05, 4.69) is 0 Å². The summed E-state index contributed by atoms with van der Waals surface area (Å²) >= 11 is 5.48. The quantitative estimate of drug-likeness (QED) is 0.898. The Morgan fingerprint density at radius 1 is 1.44 bits per heavy atom. The largest absolute Gasteiger partial charge is 0.440 e. The van der Waals surface area contributed by atoms with E-state index < -0.39 is 21.2 Å². The summed E-state index contributed by atoms with van der Waals surface area (Å²) in [6, 6.07) is 2.71. The molecule has 1 heterocycles. The Labute approximate surface area is 97.8 Å². The second-order valence-corrected chi connectivity index (χ2v) is 5.97. The van der Waals surface area contributed by atoms with Crippen LogP contribution in [0, 0.1) is 0 Å². The molecule has 0 bridgehead atoms. The Morgan fingerprint density at radius 2 is 2.12 bits per heavy atom. The number of rotatable bonds is 3. The van der Waals surface area contributed by atoms with E-state index in [0.717, 1.165) is 6.42 Å². The number of furan rings is 1. The summed E-state index contributed by atoms with van der Waals surface area (Å²) < 4.78 is 30.0. The van der Waals surface area contributed by atoms with Crippen molar-refractivity contribution < 1.29 is 17.6 Å². The van der Waals surface area contributed by atoms with Gasteiger partial charge in [0.05, 0.1) is 5.25 Å². The van der Waals surface area contributed by atoms with Crippen molar-refractivity contribution in [2.75, 3.05) is 0 Å². The molecule has 1 amide bonds. The van der Waals surface area contributed by atoms with Crippen LogP contribution in [0.2, 0.25) is 5.22 Å². The van der Waals surface area contributed by atoms with Gasteiger partial charge in [-0.05, 0) is 36.6 Å². The lowest BCUT2D eigenvalue weighted by atomic mass is 10.0. The summed E-state index contributed by atoms with van der Waals surface area (Å²) in [4.78, 5) is 11.5. The van der Waals surface area contributed by atoms with Crippen LogP contribution in [0.15, 0.2) is 16.5 Å². The first-order valence-electron chi connectivity index (χ1n) is 4.80. The summed E-state index contributed by atoms with van der Waals surface area (Å²) in [6.07, 6.45) is 2.08. The smallest absolute Gasteiger partial charge is 0.300 e. The zero-order valence-electron chi connectivity index (χ0n) is 8.27. The molecule has 0 radical (unpaired) electrons. The molecule has 88 valence electrons. The summed E-state index contributed by atoms with van der Waals surface area (Å²) in [5.74, 6) is -0.883. The Bertz CT molecular complexity index is 503. The molecule has 0 spiro atoms. The Balaban J connectivity index is 2.07. The van der Waals surface area contributed by atoms with Crippen LogP contribution in [0.25, 0.3) is 0 Å². The highest BCUT2D eigenvalue weighted by molar-refractivity contribution is 7.90. The third-order valence-corrected chi connectivity index (χ3v) is 4.55. The predicted octanol–water partition coefficient (Wildman–Crippen LogP) is 1.55. The van der Waals surface area contributed by atoms with Crippen LogP contribution in [-0.2, 0) is 10.0 Å². The molecule has 1 fully saturated rings. The molecule has 0 atom stereocenters. The Morgan fingerprint density at radius 3 is 2.56 bits per heavy atom. The first-order valence-corrected chi connectivity index (χ1v) is 6.73. The van der Waals surface area contributed by atoms with Crippen molar-refractivity contribution >= 4 is 27.5 Å². The van der Waals surface area contributed by atoms with Gasteiger partial charge in [-0.2, -0.15) is 0 Å². The first-order chi connectivity index (χ1) is 7.49. The van der Waals surface area contributed by atoms with E-state index in [9.17, 15) is 13.2 Å². The van der Waals surface area contributed by atoms with Gasteiger partial charge in [0.1, 0.15) is 0 Å². The van der Waals surface area contributed by atoms with Gasteiger partial charge in [0.25, 0.3) is 5.91 Å². The summed E-state index contributed by atoms with van der Waals surface area (Å²) in [6.45, 7) is 0. The molecule has 0 saturated heterocycles. The van der Waals surface area contributed by atoms with E-state index in [0.29, 0.717) is 12.8 Å². The minimum Gasteiger partial charge on any atom is -0.440 e. The number of hydrogen-bond donors (Lipinski definition) is 1. The number of nitrogens with one attached hydrogen (secondary N) is 1. The van der Waals surface area contributed by atoms with Gasteiger partial charge in [0, 0.05) is 0 Å². The fourth-order valence-corrected chi connectivity index (χ4v) is 3.01. The fourth-order valence-electron chi connectivity index (χ4n) is 1.38. The number of amides is 1. The van der Waals surface area contributed by atoms with Gasteiger partial charge in [-0.1, -0.05) is 6.42 Å². The van der Waals surface area contributed by atoms with E-state index in [1.807, 2.05) is 4.72 Å². The second kappa shape index (κ2) is 4.10. The van der Waals surface area contributed by atoms with E-state index in [4.69, 9.17) is 16.0 Å². The van der Waals surface area contributed by atoms with E-state index in [-0.39, 0.29) is 11.0 Å². The maximum absolute atomic E-state index is 11.6. The fraction of sp³-hybridized carbons (Fsp3) is 0.444. The summed E-state index contributed by atoms with van der Waals surface area (Å²) in [5.41, 5.74) is 0. The Kier molecular flexibility index (Phi) is 2.94. The van der Waals surface area contributed by atoms with Gasteiger partial charge < -0.3 is 4.42 Å². The molecule has 1 saturated carbocycles. The van der Waals surface area contributed by atoms with Crippen molar-refractivity contribution in [1.82, 2.24) is 4.72 Å². The maximum Gasteiger partial charge on any atom is 0.300 e.